The topological polar surface area (TPSA) is 88.6 Å². The van der Waals surface area contributed by atoms with Gasteiger partial charge >= 0.3 is 0 Å². The Morgan fingerprint density at radius 2 is 1.96 bits per heavy atom. The molecule has 0 spiro atoms. The molecular weight excluding hydrogens is 354 g/mol. The number of aryl methyl sites for hydroxylation is 1. The average molecular weight is 377 g/mol. The smallest absolute Gasteiger partial charge is 0.246 e. The number of sulfonamides is 1. The molecular formula is C18H23N3O4S. The number of benzene rings is 1. The van der Waals surface area contributed by atoms with Gasteiger partial charge in [0, 0.05) is 31.7 Å². The van der Waals surface area contributed by atoms with Gasteiger partial charge in [-0.3, -0.25) is 9.78 Å². The van der Waals surface area contributed by atoms with E-state index in [1.165, 1.54) is 20.2 Å². The number of nitrogens with zero attached hydrogens (tertiary/aromatic N) is 2. The minimum absolute atomic E-state index is 0.0131. The van der Waals surface area contributed by atoms with Gasteiger partial charge in [0.05, 0.1) is 13.0 Å². The second-order valence-corrected chi connectivity index (χ2v) is 8.03. The van der Waals surface area contributed by atoms with Gasteiger partial charge in [0.1, 0.15) is 10.6 Å². The van der Waals surface area contributed by atoms with Crippen molar-refractivity contribution in [2.75, 3.05) is 26.0 Å². The molecule has 0 radical (unpaired) electrons. The predicted octanol–water partition coefficient (Wildman–Crippen LogP) is 2.22. The number of anilines is 1. The molecule has 7 nitrogen and oxygen atoms in total. The SMILES string of the molecule is CCOc1ccc(NC(=O)Cc2ccc(C)nc2)cc1S(=O)(=O)N(C)C. The Kier molecular flexibility index (Phi) is 6.33. The lowest BCUT2D eigenvalue weighted by Gasteiger charge is -2.16. The maximum Gasteiger partial charge on any atom is 0.246 e. The lowest BCUT2D eigenvalue weighted by molar-refractivity contribution is -0.115. The molecule has 26 heavy (non-hydrogen) atoms. The first-order valence-electron chi connectivity index (χ1n) is 8.14. The molecule has 1 amide bonds. The van der Waals surface area contributed by atoms with E-state index in [4.69, 9.17) is 4.74 Å². The number of aromatic nitrogens is 1. The van der Waals surface area contributed by atoms with Crippen LogP contribution < -0.4 is 10.1 Å². The Bertz CT molecular complexity index is 878. The number of rotatable bonds is 7. The Balaban J connectivity index is 2.24. The fourth-order valence-electron chi connectivity index (χ4n) is 2.25. The molecule has 1 heterocycles. The van der Waals surface area contributed by atoms with Crippen molar-refractivity contribution in [3.63, 3.8) is 0 Å². The highest BCUT2D eigenvalue weighted by Crippen LogP contribution is 2.29. The van der Waals surface area contributed by atoms with Gasteiger partial charge in [-0.15, -0.1) is 0 Å². The largest absolute Gasteiger partial charge is 0.492 e. The van der Waals surface area contributed by atoms with Crippen LogP contribution in [0.4, 0.5) is 5.69 Å². The molecule has 0 atom stereocenters. The van der Waals surface area contributed by atoms with Crippen LogP contribution in [0, 0.1) is 6.92 Å². The summed E-state index contributed by atoms with van der Waals surface area (Å²) in [4.78, 5) is 16.4. The first-order valence-corrected chi connectivity index (χ1v) is 9.58. The maximum absolute atomic E-state index is 12.5. The van der Waals surface area contributed by atoms with Crippen LogP contribution in [0.5, 0.6) is 5.75 Å². The Labute approximate surface area is 154 Å². The average Bonchev–Trinajstić information content (AvgIpc) is 2.58. The number of carbonyl (C=O) groups excluding carboxylic acids is 1. The molecule has 0 aliphatic rings. The summed E-state index contributed by atoms with van der Waals surface area (Å²) in [5.41, 5.74) is 2.04. The zero-order valence-corrected chi connectivity index (χ0v) is 16.1. The van der Waals surface area contributed by atoms with Crippen molar-refractivity contribution in [1.82, 2.24) is 9.29 Å². The number of carbonyl (C=O) groups is 1. The second kappa shape index (κ2) is 8.29. The van der Waals surface area contributed by atoms with Crippen molar-refractivity contribution in [2.45, 2.75) is 25.2 Å². The molecule has 140 valence electrons. The predicted molar refractivity (Wildman–Crippen MR) is 99.8 cm³/mol. The van der Waals surface area contributed by atoms with Gasteiger partial charge in [-0.05, 0) is 43.7 Å². The highest BCUT2D eigenvalue weighted by atomic mass is 32.2. The van der Waals surface area contributed by atoms with Crippen molar-refractivity contribution >= 4 is 21.6 Å². The van der Waals surface area contributed by atoms with E-state index in [9.17, 15) is 13.2 Å². The Hall–Kier alpha value is -2.45. The van der Waals surface area contributed by atoms with E-state index in [0.717, 1.165) is 15.6 Å². The van der Waals surface area contributed by atoms with E-state index in [1.807, 2.05) is 19.1 Å². The number of hydrogen-bond donors (Lipinski definition) is 1. The highest BCUT2D eigenvalue weighted by Gasteiger charge is 2.23. The van der Waals surface area contributed by atoms with E-state index in [-0.39, 0.29) is 23.0 Å². The molecule has 1 aromatic carbocycles. The summed E-state index contributed by atoms with van der Waals surface area (Å²) in [7, 11) is -0.814. The van der Waals surface area contributed by atoms with Crippen LogP contribution in [0.1, 0.15) is 18.2 Å². The third kappa shape index (κ3) is 4.80. The third-order valence-electron chi connectivity index (χ3n) is 3.62. The number of hydrogen-bond acceptors (Lipinski definition) is 5. The van der Waals surface area contributed by atoms with Crippen LogP contribution in [0.2, 0.25) is 0 Å². The van der Waals surface area contributed by atoms with Crippen LogP contribution in [-0.4, -0.2) is 44.3 Å². The normalized spacial score (nSPS) is 11.4. The van der Waals surface area contributed by atoms with Crippen molar-refractivity contribution in [2.24, 2.45) is 0 Å². The molecule has 0 aliphatic carbocycles. The quantitative estimate of drug-likeness (QED) is 0.799. The summed E-state index contributed by atoms with van der Waals surface area (Å²) in [6.07, 6.45) is 1.80. The fourth-order valence-corrected chi connectivity index (χ4v) is 3.30. The van der Waals surface area contributed by atoms with Gasteiger partial charge < -0.3 is 10.1 Å². The van der Waals surface area contributed by atoms with Crippen LogP contribution in [0.25, 0.3) is 0 Å². The van der Waals surface area contributed by atoms with E-state index in [0.29, 0.717) is 12.3 Å². The first-order chi connectivity index (χ1) is 12.2. The van der Waals surface area contributed by atoms with Crippen molar-refractivity contribution in [1.29, 1.82) is 0 Å². The molecule has 0 fully saturated rings. The minimum Gasteiger partial charge on any atom is -0.492 e. The highest BCUT2D eigenvalue weighted by molar-refractivity contribution is 7.89. The molecule has 2 aromatic rings. The summed E-state index contributed by atoms with van der Waals surface area (Å²) in [6.45, 7) is 3.98. The van der Waals surface area contributed by atoms with Gasteiger partial charge in [-0.25, -0.2) is 12.7 Å². The van der Waals surface area contributed by atoms with Crippen molar-refractivity contribution in [3.8, 4) is 5.75 Å². The monoisotopic (exact) mass is 377 g/mol. The van der Waals surface area contributed by atoms with Crippen LogP contribution in [0.15, 0.2) is 41.4 Å². The minimum atomic E-state index is -3.70. The molecule has 2 rings (SSSR count). The lowest BCUT2D eigenvalue weighted by atomic mass is 10.2. The van der Waals surface area contributed by atoms with Gasteiger partial charge in [0.25, 0.3) is 0 Å². The molecule has 8 heteroatoms. The molecule has 0 bridgehead atoms. The molecule has 1 aromatic heterocycles. The lowest BCUT2D eigenvalue weighted by Crippen LogP contribution is -2.23. The van der Waals surface area contributed by atoms with E-state index in [2.05, 4.69) is 10.3 Å². The molecule has 0 unspecified atom stereocenters. The molecule has 0 aliphatic heterocycles. The number of amides is 1. The van der Waals surface area contributed by atoms with Gasteiger partial charge in [0.2, 0.25) is 15.9 Å². The van der Waals surface area contributed by atoms with Crippen molar-refractivity contribution in [3.05, 3.63) is 47.8 Å². The molecule has 0 saturated carbocycles. The number of ether oxygens (including phenoxy) is 1. The third-order valence-corrected chi connectivity index (χ3v) is 5.46. The van der Waals surface area contributed by atoms with Gasteiger partial charge in [0.15, 0.2) is 0 Å². The molecule has 1 N–H and O–H groups in total. The van der Waals surface area contributed by atoms with Gasteiger partial charge in [-0.1, -0.05) is 6.07 Å². The Morgan fingerprint density at radius 3 is 2.54 bits per heavy atom. The Morgan fingerprint density at radius 1 is 1.23 bits per heavy atom. The van der Waals surface area contributed by atoms with Crippen molar-refractivity contribution < 1.29 is 17.9 Å². The van der Waals surface area contributed by atoms with Crippen LogP contribution in [-0.2, 0) is 21.2 Å². The summed E-state index contributed by atoms with van der Waals surface area (Å²) in [5.74, 6) is -0.00468. The van der Waals surface area contributed by atoms with E-state index < -0.39 is 10.0 Å². The maximum atomic E-state index is 12.5. The summed E-state index contributed by atoms with van der Waals surface area (Å²) in [5, 5.41) is 2.72. The zero-order valence-electron chi connectivity index (χ0n) is 15.3. The van der Waals surface area contributed by atoms with Gasteiger partial charge in [-0.2, -0.15) is 0 Å². The second-order valence-electron chi connectivity index (χ2n) is 5.91. The number of pyridine rings is 1. The van der Waals surface area contributed by atoms with Crippen LogP contribution >= 0.6 is 0 Å². The summed E-state index contributed by atoms with van der Waals surface area (Å²) < 4.78 is 31.5. The number of nitrogens with one attached hydrogen (secondary N) is 1. The van der Waals surface area contributed by atoms with E-state index in [1.54, 1.807) is 25.3 Å². The standard InChI is InChI=1S/C18H23N3O4S/c1-5-25-16-9-8-15(11-17(16)26(23,24)21(3)4)20-18(22)10-14-7-6-13(2)19-12-14/h6-9,11-12H,5,10H2,1-4H3,(H,20,22). The van der Waals surface area contributed by atoms with E-state index >= 15 is 0 Å². The summed E-state index contributed by atoms with van der Waals surface area (Å²) in [6, 6.07) is 8.24. The molecule has 0 saturated heterocycles. The fraction of sp³-hybridized carbons (Fsp3) is 0.333. The zero-order chi connectivity index (χ0) is 19.3. The summed E-state index contributed by atoms with van der Waals surface area (Å²) >= 11 is 0. The first kappa shape index (κ1) is 19.9. The van der Waals surface area contributed by atoms with Crippen LogP contribution in [0.3, 0.4) is 0 Å².